The molecule has 132 valence electrons. The average Bonchev–Trinajstić information content (AvgIpc) is 2.98. The van der Waals surface area contributed by atoms with Crippen LogP contribution in [0.1, 0.15) is 18.6 Å². The number of carbonyl (C=O) groups excluding carboxylic acids is 2. The van der Waals surface area contributed by atoms with Gasteiger partial charge >= 0.3 is 0 Å². The Morgan fingerprint density at radius 3 is 2.68 bits per heavy atom. The first-order valence-electron chi connectivity index (χ1n) is 8.04. The summed E-state index contributed by atoms with van der Waals surface area (Å²) in [5.41, 5.74) is 11.2. The van der Waals surface area contributed by atoms with Crippen molar-refractivity contribution in [1.82, 2.24) is 15.8 Å². The first-order chi connectivity index (χ1) is 12.0. The second-order valence-corrected chi connectivity index (χ2v) is 5.90. The van der Waals surface area contributed by atoms with Crippen molar-refractivity contribution in [3.63, 3.8) is 0 Å². The molecular weight excluding hydrogens is 324 g/mol. The van der Waals surface area contributed by atoms with E-state index in [9.17, 15) is 9.59 Å². The first-order valence-corrected chi connectivity index (χ1v) is 8.04. The van der Waals surface area contributed by atoms with E-state index in [-0.39, 0.29) is 24.2 Å². The van der Waals surface area contributed by atoms with Crippen LogP contribution in [-0.2, 0) is 16.0 Å². The van der Waals surface area contributed by atoms with Crippen molar-refractivity contribution in [3.8, 4) is 0 Å². The minimum absolute atomic E-state index is 0.0106. The van der Waals surface area contributed by atoms with Gasteiger partial charge in [0, 0.05) is 18.4 Å². The van der Waals surface area contributed by atoms with E-state index in [0.717, 1.165) is 10.9 Å². The zero-order chi connectivity index (χ0) is 17.8. The van der Waals surface area contributed by atoms with Gasteiger partial charge in [0.1, 0.15) is 23.4 Å². The zero-order valence-corrected chi connectivity index (χ0v) is 13.6. The lowest BCUT2D eigenvalue weighted by atomic mass is 10.0. The fraction of sp³-hybridized carbons (Fsp3) is 0.375. The smallest absolute Gasteiger partial charge is 0.243 e. The predicted molar refractivity (Wildman–Crippen MR) is 91.5 cm³/mol. The number of guanidine groups is 1. The van der Waals surface area contributed by atoms with Crippen LogP contribution in [0.2, 0.25) is 0 Å². The number of carbonyl (C=O) groups is 2. The van der Waals surface area contributed by atoms with Crippen LogP contribution in [0, 0.1) is 0 Å². The van der Waals surface area contributed by atoms with Crippen LogP contribution in [0.25, 0.3) is 10.9 Å². The van der Waals surface area contributed by atoms with Crippen LogP contribution in [0.5, 0.6) is 0 Å². The maximum atomic E-state index is 12.3. The highest BCUT2D eigenvalue weighted by atomic mass is 16.5. The molecule has 9 heteroatoms. The molecule has 2 atom stereocenters. The van der Waals surface area contributed by atoms with Crippen LogP contribution in [0.4, 0.5) is 0 Å². The van der Waals surface area contributed by atoms with E-state index in [1.165, 1.54) is 0 Å². The van der Waals surface area contributed by atoms with Crippen molar-refractivity contribution in [2.24, 2.45) is 16.5 Å². The minimum atomic E-state index is -0.683. The first kappa shape index (κ1) is 16.7. The molecule has 0 bridgehead atoms. The van der Waals surface area contributed by atoms with Crippen molar-refractivity contribution in [1.29, 1.82) is 0 Å². The highest BCUT2D eigenvalue weighted by Gasteiger charge is 2.34. The highest BCUT2D eigenvalue weighted by Crippen LogP contribution is 2.20. The number of fused-ring (bicyclic) bond motifs is 1. The Labute approximate surface area is 143 Å². The van der Waals surface area contributed by atoms with Crippen LogP contribution in [-0.4, -0.2) is 41.6 Å². The molecule has 0 spiro atoms. The van der Waals surface area contributed by atoms with Gasteiger partial charge in [0.15, 0.2) is 5.96 Å². The third kappa shape index (κ3) is 3.87. The molecule has 0 radical (unpaired) electrons. The second-order valence-electron chi connectivity index (χ2n) is 5.90. The van der Waals surface area contributed by atoms with Crippen LogP contribution < -0.4 is 22.1 Å². The number of nitrogens with two attached hydrogens (primary N) is 2. The molecule has 25 heavy (non-hydrogen) atoms. The monoisotopic (exact) mass is 344 g/mol. The molecule has 1 fully saturated rings. The van der Waals surface area contributed by atoms with Gasteiger partial charge in [-0.2, -0.15) is 0 Å². The molecule has 2 amide bonds. The molecule has 1 aliphatic heterocycles. The molecule has 2 aromatic rings. The highest BCUT2D eigenvalue weighted by molar-refractivity contribution is 5.97. The number of piperazine rings is 1. The van der Waals surface area contributed by atoms with Gasteiger partial charge in [-0.05, 0) is 25.0 Å². The number of aliphatic imine (C=N–C) groups is 1. The van der Waals surface area contributed by atoms with E-state index < -0.39 is 12.1 Å². The number of nitrogens with zero attached hydrogens (tertiary/aromatic N) is 2. The molecule has 6 N–H and O–H groups in total. The lowest BCUT2D eigenvalue weighted by Gasteiger charge is -2.29. The summed E-state index contributed by atoms with van der Waals surface area (Å²) in [5.74, 6) is 0.115. The normalized spacial score (nSPS) is 20.2. The Kier molecular flexibility index (Phi) is 4.82. The Hall–Kier alpha value is -3.10. The number of benzene rings is 1. The lowest BCUT2D eigenvalue weighted by Crippen LogP contribution is -2.62. The van der Waals surface area contributed by atoms with Crippen molar-refractivity contribution in [2.75, 3.05) is 6.54 Å². The molecule has 0 unspecified atom stereocenters. The predicted octanol–water partition coefficient (Wildman–Crippen LogP) is -0.593. The van der Waals surface area contributed by atoms with E-state index in [0.29, 0.717) is 25.1 Å². The Morgan fingerprint density at radius 2 is 1.88 bits per heavy atom. The summed E-state index contributed by atoms with van der Waals surface area (Å²) in [6.45, 7) is 0.412. The number of hydrogen-bond donors (Lipinski definition) is 4. The largest absolute Gasteiger partial charge is 0.370 e. The van der Waals surface area contributed by atoms with Gasteiger partial charge in [-0.1, -0.05) is 17.3 Å². The number of aromatic nitrogens is 1. The molecule has 9 nitrogen and oxygen atoms in total. The van der Waals surface area contributed by atoms with Gasteiger partial charge in [0.05, 0.1) is 0 Å². The molecule has 1 aromatic heterocycles. The van der Waals surface area contributed by atoms with E-state index >= 15 is 0 Å². The van der Waals surface area contributed by atoms with Crippen molar-refractivity contribution in [2.45, 2.75) is 31.3 Å². The van der Waals surface area contributed by atoms with E-state index in [1.54, 1.807) is 0 Å². The molecule has 2 heterocycles. The fourth-order valence-corrected chi connectivity index (χ4v) is 2.80. The maximum Gasteiger partial charge on any atom is 0.243 e. The van der Waals surface area contributed by atoms with Gasteiger partial charge in [-0.3, -0.25) is 14.6 Å². The van der Waals surface area contributed by atoms with Gasteiger partial charge in [-0.25, -0.2) is 0 Å². The summed E-state index contributed by atoms with van der Waals surface area (Å²) in [6.07, 6.45) is 1.30. The Balaban J connectivity index is 1.60. The Bertz CT molecular complexity index is 811. The minimum Gasteiger partial charge on any atom is -0.370 e. The number of rotatable bonds is 6. The third-order valence-electron chi connectivity index (χ3n) is 4.06. The molecule has 1 saturated heterocycles. The quantitative estimate of drug-likeness (QED) is 0.312. The molecular formula is C16H20N6O3. The van der Waals surface area contributed by atoms with Crippen molar-refractivity contribution < 1.29 is 14.1 Å². The van der Waals surface area contributed by atoms with Crippen LogP contribution in [0.15, 0.2) is 33.8 Å². The van der Waals surface area contributed by atoms with Gasteiger partial charge in [-0.15, -0.1) is 0 Å². The number of hydrogen-bond acceptors (Lipinski definition) is 5. The zero-order valence-electron chi connectivity index (χ0n) is 13.6. The summed E-state index contributed by atoms with van der Waals surface area (Å²) in [4.78, 5) is 28.4. The SMILES string of the molecule is NC(N)=NCCC[C@@H]1NC(=O)[C@H](Cc2onc3ccccc23)NC1=O. The molecule has 0 aliphatic carbocycles. The van der Waals surface area contributed by atoms with Crippen LogP contribution >= 0.6 is 0 Å². The number of nitrogens with one attached hydrogen (secondary N) is 2. The van der Waals surface area contributed by atoms with E-state index in [1.807, 2.05) is 24.3 Å². The van der Waals surface area contributed by atoms with Gasteiger partial charge in [0.2, 0.25) is 11.8 Å². The summed E-state index contributed by atoms with van der Waals surface area (Å²) in [5, 5.41) is 10.3. The fourth-order valence-electron chi connectivity index (χ4n) is 2.80. The van der Waals surface area contributed by atoms with E-state index in [4.69, 9.17) is 16.0 Å². The second kappa shape index (κ2) is 7.20. The summed E-state index contributed by atoms with van der Waals surface area (Å²) < 4.78 is 5.31. The van der Waals surface area contributed by atoms with Crippen molar-refractivity contribution >= 4 is 28.7 Å². The Morgan fingerprint density at radius 1 is 1.16 bits per heavy atom. The summed E-state index contributed by atoms with van der Waals surface area (Å²) in [6, 6.07) is 6.17. The van der Waals surface area contributed by atoms with Crippen LogP contribution in [0.3, 0.4) is 0 Å². The van der Waals surface area contributed by atoms with Crippen molar-refractivity contribution in [3.05, 3.63) is 30.0 Å². The molecule has 3 rings (SSSR count). The lowest BCUT2D eigenvalue weighted by molar-refractivity contribution is -0.137. The third-order valence-corrected chi connectivity index (χ3v) is 4.06. The van der Waals surface area contributed by atoms with E-state index in [2.05, 4.69) is 20.8 Å². The molecule has 1 aromatic carbocycles. The standard InChI is InChI=1S/C16H20N6O3/c17-16(18)19-7-3-6-11-14(23)21-12(15(24)20-11)8-13-9-4-1-2-5-10(9)22-25-13/h1-2,4-5,11-12H,3,6-8H2,(H,20,24)(H,21,23)(H4,17,18,19)/t11-,12-/m0/s1. The van der Waals surface area contributed by atoms with Gasteiger partial charge in [0.25, 0.3) is 0 Å². The number of amides is 2. The topological polar surface area (TPSA) is 149 Å². The summed E-state index contributed by atoms with van der Waals surface area (Å²) in [7, 11) is 0. The summed E-state index contributed by atoms with van der Waals surface area (Å²) >= 11 is 0. The van der Waals surface area contributed by atoms with Gasteiger partial charge < -0.3 is 26.6 Å². The average molecular weight is 344 g/mol. The maximum absolute atomic E-state index is 12.3. The molecule has 0 saturated carbocycles. The molecule has 1 aliphatic rings.